The first-order valence-corrected chi connectivity index (χ1v) is 9.28. The predicted molar refractivity (Wildman–Crippen MR) is 97.0 cm³/mol. The first-order chi connectivity index (χ1) is 11.7. The van der Waals surface area contributed by atoms with Gasteiger partial charge in [0.05, 0.1) is 6.26 Å². The van der Waals surface area contributed by atoms with Crippen molar-refractivity contribution in [3.8, 4) is 11.6 Å². The van der Waals surface area contributed by atoms with E-state index in [9.17, 15) is 0 Å². The van der Waals surface area contributed by atoms with E-state index in [0.717, 1.165) is 19.0 Å². The van der Waals surface area contributed by atoms with Gasteiger partial charge in [0, 0.05) is 17.8 Å². The number of H-pyrrole nitrogens is 1. The van der Waals surface area contributed by atoms with Gasteiger partial charge < -0.3 is 15.1 Å². The molecule has 0 bridgehead atoms. The number of thioether (sulfide) groups is 1. The lowest BCUT2D eigenvalue weighted by Crippen LogP contribution is -2.43. The molecule has 3 rings (SSSR count). The first kappa shape index (κ1) is 16.9. The molecule has 0 radical (unpaired) electrons. The molecule has 1 aliphatic heterocycles. The van der Waals surface area contributed by atoms with Crippen LogP contribution in [-0.2, 0) is 6.54 Å². The van der Waals surface area contributed by atoms with Gasteiger partial charge in [0.15, 0.2) is 11.7 Å². The van der Waals surface area contributed by atoms with Crippen LogP contribution in [0.5, 0.6) is 0 Å². The second-order valence-electron chi connectivity index (χ2n) is 6.03. The van der Waals surface area contributed by atoms with Gasteiger partial charge in [-0.2, -0.15) is 11.8 Å². The molecular weight excluding hydrogens is 324 g/mol. The number of aromatic amines is 1. The van der Waals surface area contributed by atoms with E-state index in [2.05, 4.69) is 44.7 Å². The summed E-state index contributed by atoms with van der Waals surface area (Å²) in [7, 11) is 0. The summed E-state index contributed by atoms with van der Waals surface area (Å²) in [5, 5.41) is 13.8. The highest BCUT2D eigenvalue weighted by Gasteiger charge is 2.29. The molecule has 3 heterocycles. The molecule has 0 spiro atoms. The number of aromatic nitrogens is 3. The number of nitrogens with one attached hydrogen (secondary N) is 3. The van der Waals surface area contributed by atoms with Crippen LogP contribution in [0.25, 0.3) is 11.6 Å². The molecule has 1 unspecified atom stereocenters. The third-order valence-electron chi connectivity index (χ3n) is 3.93. The number of furan rings is 1. The van der Waals surface area contributed by atoms with Crippen molar-refractivity contribution in [1.29, 1.82) is 0 Å². The molecule has 2 aromatic heterocycles. The summed E-state index contributed by atoms with van der Waals surface area (Å²) in [6, 6.07) is 3.65. The van der Waals surface area contributed by atoms with Crippen LogP contribution in [0.15, 0.2) is 27.8 Å². The molecule has 3 N–H and O–H groups in total. The fourth-order valence-corrected chi connectivity index (χ4v) is 3.87. The maximum Gasteiger partial charge on any atom is 0.216 e. The van der Waals surface area contributed by atoms with Crippen LogP contribution in [0.1, 0.15) is 32.5 Å². The number of rotatable bonds is 6. The van der Waals surface area contributed by atoms with Crippen molar-refractivity contribution in [2.45, 2.75) is 38.0 Å². The van der Waals surface area contributed by atoms with Gasteiger partial charge in [0.2, 0.25) is 5.82 Å². The van der Waals surface area contributed by atoms with E-state index in [-0.39, 0.29) is 0 Å². The zero-order valence-corrected chi connectivity index (χ0v) is 14.9. The Morgan fingerprint density at radius 3 is 3.12 bits per heavy atom. The summed E-state index contributed by atoms with van der Waals surface area (Å²) in [6.45, 7) is 6.55. The van der Waals surface area contributed by atoms with Crippen molar-refractivity contribution in [3.05, 3.63) is 24.2 Å². The van der Waals surface area contributed by atoms with E-state index in [1.165, 1.54) is 18.6 Å². The molecule has 8 heteroatoms. The molecule has 0 aromatic carbocycles. The van der Waals surface area contributed by atoms with Gasteiger partial charge in [-0.1, -0.05) is 0 Å². The number of hydrogen-bond donors (Lipinski definition) is 3. The number of hydrogen-bond acceptors (Lipinski definition) is 5. The van der Waals surface area contributed by atoms with Gasteiger partial charge in [0.1, 0.15) is 12.4 Å². The molecule has 1 aliphatic rings. The second-order valence-corrected chi connectivity index (χ2v) is 7.72. The summed E-state index contributed by atoms with van der Waals surface area (Å²) < 4.78 is 5.60. The van der Waals surface area contributed by atoms with E-state index in [4.69, 9.17) is 4.42 Å². The van der Waals surface area contributed by atoms with Crippen LogP contribution in [0, 0.1) is 0 Å². The molecule has 1 fully saturated rings. The predicted octanol–water partition coefficient (Wildman–Crippen LogP) is 2.41. The maximum atomic E-state index is 5.30. The minimum atomic E-state index is 0.300. The van der Waals surface area contributed by atoms with E-state index >= 15 is 0 Å². The van der Waals surface area contributed by atoms with E-state index < -0.39 is 0 Å². The minimum absolute atomic E-state index is 0.300. The Hall–Kier alpha value is -1.96. The summed E-state index contributed by atoms with van der Waals surface area (Å²) in [5.74, 6) is 3.97. The van der Waals surface area contributed by atoms with Crippen LogP contribution in [-0.4, -0.2) is 44.7 Å². The van der Waals surface area contributed by atoms with Crippen LogP contribution in [0.2, 0.25) is 0 Å². The Kier molecular flexibility index (Phi) is 5.44. The monoisotopic (exact) mass is 348 g/mol. The van der Waals surface area contributed by atoms with Gasteiger partial charge in [0.25, 0.3) is 0 Å². The van der Waals surface area contributed by atoms with Crippen molar-refractivity contribution in [1.82, 2.24) is 25.8 Å². The van der Waals surface area contributed by atoms with Gasteiger partial charge in [-0.05, 0) is 44.6 Å². The third-order valence-corrected chi connectivity index (χ3v) is 5.47. The number of nitrogens with zero attached hydrogens (tertiary/aromatic N) is 3. The lowest BCUT2D eigenvalue weighted by Gasteiger charge is -2.24. The Morgan fingerprint density at radius 1 is 1.50 bits per heavy atom. The topological polar surface area (TPSA) is 91.1 Å². The van der Waals surface area contributed by atoms with Crippen molar-refractivity contribution in [3.63, 3.8) is 0 Å². The molecule has 130 valence electrons. The van der Waals surface area contributed by atoms with Crippen LogP contribution in [0.3, 0.4) is 0 Å². The minimum Gasteiger partial charge on any atom is -0.461 e. The Bertz CT molecular complexity index is 660. The van der Waals surface area contributed by atoms with Gasteiger partial charge in [-0.15, -0.1) is 5.10 Å². The molecule has 1 saturated heterocycles. The number of guanidine groups is 1. The molecule has 7 nitrogen and oxygen atoms in total. The van der Waals surface area contributed by atoms with E-state index in [0.29, 0.717) is 28.7 Å². The summed E-state index contributed by atoms with van der Waals surface area (Å²) in [5.41, 5.74) is 0. The van der Waals surface area contributed by atoms with Crippen molar-refractivity contribution in [2.75, 3.05) is 18.8 Å². The standard InChI is InChI=1S/C16H24N6OS/c1-3-17-15(19-11-16(2)7-5-9-24-16)18-10-13-20-14(22-21-13)12-6-4-8-23-12/h4,6,8H,3,5,7,9-11H2,1-2H3,(H2,17,18,19)(H,20,21,22). The smallest absolute Gasteiger partial charge is 0.216 e. The average molecular weight is 348 g/mol. The highest BCUT2D eigenvalue weighted by atomic mass is 32.2. The molecule has 0 aliphatic carbocycles. The number of aliphatic imine (C=N–C) groups is 1. The fraction of sp³-hybridized carbons (Fsp3) is 0.562. The highest BCUT2D eigenvalue weighted by Crippen LogP contribution is 2.36. The zero-order chi connectivity index (χ0) is 16.8. The molecular formula is C16H24N6OS. The van der Waals surface area contributed by atoms with Gasteiger partial charge in [-0.25, -0.2) is 9.98 Å². The Morgan fingerprint density at radius 2 is 2.42 bits per heavy atom. The second kappa shape index (κ2) is 7.74. The highest BCUT2D eigenvalue weighted by molar-refractivity contribution is 8.00. The molecule has 0 amide bonds. The average Bonchev–Trinajstić information content (AvgIpc) is 3.31. The zero-order valence-electron chi connectivity index (χ0n) is 14.1. The van der Waals surface area contributed by atoms with Crippen LogP contribution < -0.4 is 10.6 Å². The molecule has 24 heavy (non-hydrogen) atoms. The third kappa shape index (κ3) is 4.31. The quantitative estimate of drug-likeness (QED) is 0.548. The Balaban J connectivity index is 1.59. The lowest BCUT2D eigenvalue weighted by atomic mass is 10.1. The lowest BCUT2D eigenvalue weighted by molar-refractivity contribution is 0.577. The first-order valence-electron chi connectivity index (χ1n) is 8.30. The van der Waals surface area contributed by atoms with E-state index in [1.807, 2.05) is 23.9 Å². The summed E-state index contributed by atoms with van der Waals surface area (Å²) in [6.07, 6.45) is 4.15. The fourth-order valence-electron chi connectivity index (χ4n) is 2.62. The van der Waals surface area contributed by atoms with Crippen molar-refractivity contribution >= 4 is 17.7 Å². The van der Waals surface area contributed by atoms with E-state index in [1.54, 1.807) is 6.26 Å². The van der Waals surface area contributed by atoms with Gasteiger partial charge >= 0.3 is 0 Å². The van der Waals surface area contributed by atoms with Gasteiger partial charge in [-0.3, -0.25) is 5.10 Å². The molecule has 0 saturated carbocycles. The van der Waals surface area contributed by atoms with Crippen LogP contribution in [0.4, 0.5) is 0 Å². The van der Waals surface area contributed by atoms with Crippen molar-refractivity contribution < 1.29 is 4.42 Å². The Labute approximate surface area is 146 Å². The summed E-state index contributed by atoms with van der Waals surface area (Å²) >= 11 is 2.04. The molecule has 2 aromatic rings. The van der Waals surface area contributed by atoms with Crippen molar-refractivity contribution in [2.24, 2.45) is 4.99 Å². The maximum absolute atomic E-state index is 5.30. The molecule has 1 atom stereocenters. The SMILES string of the molecule is CCNC(=NCc1nc(-c2ccco2)n[nH]1)NCC1(C)CCCS1. The largest absolute Gasteiger partial charge is 0.461 e. The normalized spacial score (nSPS) is 21.2. The summed E-state index contributed by atoms with van der Waals surface area (Å²) in [4.78, 5) is 9.00. The van der Waals surface area contributed by atoms with Crippen LogP contribution >= 0.6 is 11.8 Å².